The Balaban J connectivity index is 2.17. The summed E-state index contributed by atoms with van der Waals surface area (Å²) in [4.78, 5) is 27.4. The number of carbonyl (C=O) groups excluding carboxylic acids is 2. The van der Waals surface area contributed by atoms with Gasteiger partial charge in [-0.05, 0) is 53.0 Å². The van der Waals surface area contributed by atoms with Crippen LogP contribution >= 0.6 is 0 Å². The van der Waals surface area contributed by atoms with Crippen molar-refractivity contribution in [3.63, 3.8) is 0 Å². The molecule has 1 aliphatic rings. The number of nitrogens with zero attached hydrogens (tertiary/aromatic N) is 1. The van der Waals surface area contributed by atoms with E-state index in [4.69, 9.17) is 4.74 Å². The van der Waals surface area contributed by atoms with Crippen molar-refractivity contribution in [1.82, 2.24) is 4.90 Å². The Bertz CT molecular complexity index is 645. The first-order valence-corrected chi connectivity index (χ1v) is 9.77. The molecule has 0 saturated carbocycles. The molecule has 2 rings (SSSR count). The van der Waals surface area contributed by atoms with Gasteiger partial charge in [0.15, 0.2) is 5.78 Å². The molecule has 4 nitrogen and oxygen atoms in total. The lowest BCUT2D eigenvalue weighted by Gasteiger charge is -2.35. The zero-order chi connectivity index (χ0) is 19.3. The molecule has 1 heterocycles. The number of Topliss-reactive ketones (excluding diaryl/α,β-unsaturated/α-hetero) is 1. The lowest BCUT2D eigenvalue weighted by atomic mass is 9.93. The van der Waals surface area contributed by atoms with Crippen molar-refractivity contribution in [2.75, 3.05) is 6.54 Å². The van der Waals surface area contributed by atoms with Gasteiger partial charge in [-0.2, -0.15) is 0 Å². The van der Waals surface area contributed by atoms with Gasteiger partial charge in [0.1, 0.15) is 5.60 Å². The smallest absolute Gasteiger partial charge is 0.410 e. The molecule has 1 unspecified atom stereocenters. The first-order chi connectivity index (χ1) is 12.2. The highest BCUT2D eigenvalue weighted by Crippen LogP contribution is 2.24. The highest BCUT2D eigenvalue weighted by atomic mass is 16.6. The molecule has 0 aliphatic carbocycles. The Morgan fingerprint density at radius 3 is 2.46 bits per heavy atom. The topological polar surface area (TPSA) is 46.6 Å². The Kier molecular flexibility index (Phi) is 6.85. The van der Waals surface area contributed by atoms with E-state index in [2.05, 4.69) is 0 Å². The Labute approximate surface area is 157 Å². The summed E-state index contributed by atoms with van der Waals surface area (Å²) in [6.45, 7) is 10.3. The summed E-state index contributed by atoms with van der Waals surface area (Å²) >= 11 is 0. The van der Waals surface area contributed by atoms with Crippen molar-refractivity contribution in [2.45, 2.75) is 84.8 Å². The fourth-order valence-electron chi connectivity index (χ4n) is 3.58. The summed E-state index contributed by atoms with van der Waals surface area (Å²) < 4.78 is 5.61. The van der Waals surface area contributed by atoms with Gasteiger partial charge in [0, 0.05) is 24.6 Å². The molecule has 26 heavy (non-hydrogen) atoms. The summed E-state index contributed by atoms with van der Waals surface area (Å²) in [5.74, 6) is 0.113. The van der Waals surface area contributed by atoms with E-state index in [9.17, 15) is 9.59 Å². The molecular weight excluding hydrogens is 326 g/mol. The van der Waals surface area contributed by atoms with Crippen LogP contribution in [-0.2, 0) is 4.74 Å². The SMILES string of the molecule is Cc1ccc(C(=O)CC2CCCCCCN2C(=O)OC(C)(C)C)c(C)c1. The summed E-state index contributed by atoms with van der Waals surface area (Å²) in [6, 6.07) is 5.84. The number of benzene rings is 1. The molecule has 1 aliphatic heterocycles. The minimum atomic E-state index is -0.526. The van der Waals surface area contributed by atoms with E-state index >= 15 is 0 Å². The second-order valence-electron chi connectivity index (χ2n) is 8.48. The maximum atomic E-state index is 12.9. The van der Waals surface area contributed by atoms with E-state index < -0.39 is 5.60 Å². The van der Waals surface area contributed by atoms with E-state index in [1.807, 2.05) is 52.8 Å². The Hall–Kier alpha value is -1.84. The molecule has 1 amide bonds. The van der Waals surface area contributed by atoms with Crippen LogP contribution in [-0.4, -0.2) is 35.0 Å². The molecule has 144 valence electrons. The number of rotatable bonds is 3. The molecule has 0 N–H and O–H groups in total. The van der Waals surface area contributed by atoms with Crippen molar-refractivity contribution in [3.05, 3.63) is 34.9 Å². The van der Waals surface area contributed by atoms with Crippen LogP contribution in [0.25, 0.3) is 0 Å². The Morgan fingerprint density at radius 1 is 1.12 bits per heavy atom. The maximum Gasteiger partial charge on any atom is 0.410 e. The quantitative estimate of drug-likeness (QED) is 0.675. The number of amides is 1. The van der Waals surface area contributed by atoms with Crippen LogP contribution in [0.15, 0.2) is 18.2 Å². The van der Waals surface area contributed by atoms with Crippen molar-refractivity contribution >= 4 is 11.9 Å². The number of ketones is 1. The van der Waals surface area contributed by atoms with Gasteiger partial charge in [0.05, 0.1) is 0 Å². The average Bonchev–Trinajstić information content (AvgIpc) is 2.48. The number of carbonyl (C=O) groups is 2. The van der Waals surface area contributed by atoms with Crippen LogP contribution in [0.2, 0.25) is 0 Å². The normalized spacial score (nSPS) is 18.8. The molecule has 1 fully saturated rings. The highest BCUT2D eigenvalue weighted by Gasteiger charge is 2.30. The van der Waals surface area contributed by atoms with Crippen LogP contribution in [0.4, 0.5) is 4.79 Å². The van der Waals surface area contributed by atoms with E-state index in [-0.39, 0.29) is 17.9 Å². The zero-order valence-corrected chi connectivity index (χ0v) is 16.9. The summed E-state index contributed by atoms with van der Waals surface area (Å²) in [6.07, 6.45) is 5.22. The minimum Gasteiger partial charge on any atom is -0.444 e. The second kappa shape index (κ2) is 8.70. The van der Waals surface area contributed by atoms with Crippen molar-refractivity contribution in [3.8, 4) is 0 Å². The Morgan fingerprint density at radius 2 is 1.81 bits per heavy atom. The van der Waals surface area contributed by atoms with E-state index in [1.165, 1.54) is 0 Å². The molecular formula is C22H33NO3. The molecule has 1 atom stereocenters. The average molecular weight is 360 g/mol. The third-order valence-corrected chi connectivity index (χ3v) is 4.86. The summed E-state index contributed by atoms with van der Waals surface area (Å²) in [7, 11) is 0. The van der Waals surface area contributed by atoms with Crippen molar-refractivity contribution < 1.29 is 14.3 Å². The van der Waals surface area contributed by atoms with Crippen molar-refractivity contribution in [1.29, 1.82) is 0 Å². The first kappa shape index (κ1) is 20.5. The van der Waals surface area contributed by atoms with Gasteiger partial charge < -0.3 is 9.64 Å². The monoisotopic (exact) mass is 359 g/mol. The van der Waals surface area contributed by atoms with Crippen LogP contribution in [0.5, 0.6) is 0 Å². The number of ether oxygens (including phenoxy) is 1. The van der Waals surface area contributed by atoms with Crippen molar-refractivity contribution in [2.24, 2.45) is 0 Å². The third kappa shape index (κ3) is 5.86. The summed E-state index contributed by atoms with van der Waals surface area (Å²) in [5.41, 5.74) is 2.40. The largest absolute Gasteiger partial charge is 0.444 e. The maximum absolute atomic E-state index is 12.9. The zero-order valence-electron chi connectivity index (χ0n) is 16.9. The molecule has 1 saturated heterocycles. The number of likely N-dealkylation sites (tertiary alicyclic amines) is 1. The van der Waals surface area contributed by atoms with Crippen LogP contribution < -0.4 is 0 Å². The van der Waals surface area contributed by atoms with E-state index in [0.29, 0.717) is 13.0 Å². The molecule has 0 spiro atoms. The standard InChI is InChI=1S/C22H33NO3/c1-16-11-12-19(17(2)14-16)20(24)15-18-10-8-6-7-9-13-23(18)21(25)26-22(3,4)5/h11-12,14,18H,6-10,13,15H2,1-5H3. The number of hydrogen-bond donors (Lipinski definition) is 0. The van der Waals surface area contributed by atoms with Crippen LogP contribution in [0.1, 0.15) is 80.8 Å². The lowest BCUT2D eigenvalue weighted by Crippen LogP contribution is -2.45. The molecule has 0 bridgehead atoms. The molecule has 4 heteroatoms. The van der Waals surface area contributed by atoms with Crippen LogP contribution in [0.3, 0.4) is 0 Å². The molecule has 1 aromatic carbocycles. The van der Waals surface area contributed by atoms with Gasteiger partial charge in [0.2, 0.25) is 0 Å². The van der Waals surface area contributed by atoms with Gasteiger partial charge in [-0.15, -0.1) is 0 Å². The fraction of sp³-hybridized carbons (Fsp3) is 0.636. The number of aryl methyl sites for hydroxylation is 2. The van der Waals surface area contributed by atoms with Crippen LogP contribution in [0, 0.1) is 13.8 Å². The second-order valence-corrected chi connectivity index (χ2v) is 8.48. The summed E-state index contributed by atoms with van der Waals surface area (Å²) in [5, 5.41) is 0. The van der Waals surface area contributed by atoms with E-state index in [0.717, 1.165) is 48.8 Å². The van der Waals surface area contributed by atoms with Gasteiger partial charge in [-0.25, -0.2) is 4.79 Å². The fourth-order valence-corrected chi connectivity index (χ4v) is 3.58. The lowest BCUT2D eigenvalue weighted by molar-refractivity contribution is 0.0129. The predicted octanol–water partition coefficient (Wildman–Crippen LogP) is 5.45. The van der Waals surface area contributed by atoms with Gasteiger partial charge in [-0.1, -0.05) is 43.0 Å². The van der Waals surface area contributed by atoms with Gasteiger partial charge in [-0.3, -0.25) is 4.79 Å². The predicted molar refractivity (Wildman–Crippen MR) is 105 cm³/mol. The van der Waals surface area contributed by atoms with Gasteiger partial charge in [0.25, 0.3) is 0 Å². The molecule has 0 aromatic heterocycles. The molecule has 0 radical (unpaired) electrons. The molecule has 1 aromatic rings. The minimum absolute atomic E-state index is 0.0849. The third-order valence-electron chi connectivity index (χ3n) is 4.86. The van der Waals surface area contributed by atoms with E-state index in [1.54, 1.807) is 4.90 Å². The first-order valence-electron chi connectivity index (χ1n) is 9.77. The highest BCUT2D eigenvalue weighted by molar-refractivity contribution is 5.98. The number of hydrogen-bond acceptors (Lipinski definition) is 3. The van der Waals surface area contributed by atoms with Gasteiger partial charge >= 0.3 is 6.09 Å².